The van der Waals surface area contributed by atoms with E-state index in [2.05, 4.69) is 138 Å². The van der Waals surface area contributed by atoms with Gasteiger partial charge in [-0.15, -0.1) is 0 Å². The Hall–Kier alpha value is -8.61. The first-order chi connectivity index (χ1) is 31.2. The van der Waals surface area contributed by atoms with Crippen molar-refractivity contribution < 1.29 is 8.83 Å². The van der Waals surface area contributed by atoms with Gasteiger partial charge in [0.25, 0.3) is 0 Å². The van der Waals surface area contributed by atoms with Gasteiger partial charge in [0.1, 0.15) is 22.3 Å². The van der Waals surface area contributed by atoms with Crippen LogP contribution in [0, 0.1) is 0 Å². The number of hydrogen-bond donors (Lipinski definition) is 0. The molecule has 4 aromatic heterocycles. The van der Waals surface area contributed by atoms with Gasteiger partial charge in [-0.05, 0) is 76.1 Å². The monoisotopic (exact) mass is 804 g/mol. The molecule has 4 heterocycles. The number of para-hydroxylation sites is 1. The maximum Gasteiger partial charge on any atom is 0.164 e. The predicted molar refractivity (Wildman–Crippen MR) is 258 cm³/mol. The van der Waals surface area contributed by atoms with Gasteiger partial charge in [0.05, 0.1) is 16.7 Å². The second-order valence-corrected chi connectivity index (χ2v) is 16.3. The molecular weight excluding hydrogens is 773 g/mol. The highest BCUT2D eigenvalue weighted by molar-refractivity contribution is 6.21. The molecule has 6 heteroatoms. The zero-order valence-corrected chi connectivity index (χ0v) is 33.6. The lowest BCUT2D eigenvalue weighted by atomic mass is 10.0. The summed E-state index contributed by atoms with van der Waals surface area (Å²) in [5.74, 6) is 1.72. The maximum atomic E-state index is 6.92. The molecule has 0 saturated heterocycles. The molecule has 292 valence electrons. The van der Waals surface area contributed by atoms with E-state index in [1.54, 1.807) is 0 Å². The normalized spacial score (nSPS) is 12.1. The molecular formula is C57H32N4O2. The molecule has 14 aromatic rings. The lowest BCUT2D eigenvalue weighted by molar-refractivity contribution is 0.669. The molecule has 6 nitrogen and oxygen atoms in total. The zero-order chi connectivity index (χ0) is 41.2. The molecule has 0 aliphatic carbocycles. The fourth-order valence-electron chi connectivity index (χ4n) is 9.85. The van der Waals surface area contributed by atoms with E-state index in [9.17, 15) is 0 Å². The second kappa shape index (κ2) is 12.9. The van der Waals surface area contributed by atoms with E-state index in [-0.39, 0.29) is 0 Å². The lowest BCUT2D eigenvalue weighted by Crippen LogP contribution is -2.00. The van der Waals surface area contributed by atoms with E-state index in [1.165, 1.54) is 32.3 Å². The van der Waals surface area contributed by atoms with E-state index in [4.69, 9.17) is 23.8 Å². The van der Waals surface area contributed by atoms with Crippen LogP contribution in [0.15, 0.2) is 203 Å². The summed E-state index contributed by atoms with van der Waals surface area (Å²) in [6.07, 6.45) is 0. The zero-order valence-electron chi connectivity index (χ0n) is 33.6. The Balaban J connectivity index is 1.00. The van der Waals surface area contributed by atoms with Gasteiger partial charge in [-0.25, -0.2) is 15.0 Å². The molecule has 0 unspecified atom stereocenters. The maximum absolute atomic E-state index is 6.92. The molecule has 63 heavy (non-hydrogen) atoms. The Kier molecular flexibility index (Phi) is 7.02. The molecule has 0 fully saturated rings. The van der Waals surface area contributed by atoms with Gasteiger partial charge in [0, 0.05) is 59.8 Å². The van der Waals surface area contributed by atoms with Gasteiger partial charge >= 0.3 is 0 Å². The molecule has 0 bridgehead atoms. The van der Waals surface area contributed by atoms with Crippen molar-refractivity contribution in [2.75, 3.05) is 0 Å². The minimum absolute atomic E-state index is 0.557. The number of furan rings is 2. The first-order valence-corrected chi connectivity index (χ1v) is 21.2. The summed E-state index contributed by atoms with van der Waals surface area (Å²) in [6, 6.07) is 68.1. The number of nitrogens with zero attached hydrogens (tertiary/aromatic N) is 4. The van der Waals surface area contributed by atoms with Crippen molar-refractivity contribution in [2.45, 2.75) is 0 Å². The van der Waals surface area contributed by atoms with Crippen LogP contribution in [0.5, 0.6) is 0 Å². The number of rotatable bonds is 4. The third kappa shape index (κ3) is 5.09. The molecule has 0 amide bonds. The summed E-state index contributed by atoms with van der Waals surface area (Å²) in [4.78, 5) is 15.4. The van der Waals surface area contributed by atoms with Crippen LogP contribution >= 0.6 is 0 Å². The average molecular weight is 805 g/mol. The SMILES string of the molecule is c1ccc(-c2nc(-c3ccc4c(c3)oc3c5ccccc5c(-n5c6cc7ccccc7cc6c6cc7ccccc7cc65)cc43)nc(-c3cccc4oc5ccccc5c34)n2)cc1. The van der Waals surface area contributed by atoms with Crippen LogP contribution in [0.4, 0.5) is 0 Å². The molecule has 10 aromatic carbocycles. The molecule has 0 spiro atoms. The van der Waals surface area contributed by atoms with Crippen LogP contribution in [-0.2, 0) is 0 Å². The fourth-order valence-corrected chi connectivity index (χ4v) is 9.85. The van der Waals surface area contributed by atoms with Crippen LogP contribution in [-0.4, -0.2) is 19.5 Å². The molecule has 0 saturated carbocycles. The molecule has 0 aliphatic rings. The standard InChI is InChI=1S/C57H32N4O2/c1-2-13-33(14-3-1)55-58-56(60-57(59-55)43-22-12-24-51-53(43)42-21-10-11-23-50(42)62-51)38-25-26-40-46-32-49(39-19-8-9-20-41(39)54(46)63-52(40)31-38)61-47-29-36-17-6-4-15-34(36)27-44(47)45-28-35-16-5-7-18-37(35)30-48(45)61/h1-32H. The van der Waals surface area contributed by atoms with Crippen LogP contribution in [0.1, 0.15) is 0 Å². The Morgan fingerprint density at radius 2 is 0.921 bits per heavy atom. The van der Waals surface area contributed by atoms with Gasteiger partial charge in [0.2, 0.25) is 0 Å². The smallest absolute Gasteiger partial charge is 0.164 e. The van der Waals surface area contributed by atoms with Crippen LogP contribution < -0.4 is 0 Å². The highest BCUT2D eigenvalue weighted by Crippen LogP contribution is 2.43. The van der Waals surface area contributed by atoms with E-state index in [0.717, 1.165) is 88.1 Å². The topological polar surface area (TPSA) is 69.9 Å². The van der Waals surface area contributed by atoms with E-state index < -0.39 is 0 Å². The average Bonchev–Trinajstić information content (AvgIpc) is 4.01. The largest absolute Gasteiger partial charge is 0.456 e. The molecule has 0 atom stereocenters. The third-order valence-corrected chi connectivity index (χ3v) is 12.8. The third-order valence-electron chi connectivity index (χ3n) is 12.8. The van der Waals surface area contributed by atoms with E-state index in [0.29, 0.717) is 17.5 Å². The van der Waals surface area contributed by atoms with Crippen LogP contribution in [0.25, 0.3) is 138 Å². The Morgan fingerprint density at radius 3 is 1.65 bits per heavy atom. The van der Waals surface area contributed by atoms with Crippen LogP contribution in [0.3, 0.4) is 0 Å². The van der Waals surface area contributed by atoms with Crippen molar-refractivity contribution >= 4 is 98.0 Å². The summed E-state index contributed by atoms with van der Waals surface area (Å²) >= 11 is 0. The summed E-state index contributed by atoms with van der Waals surface area (Å²) in [6.45, 7) is 0. The second-order valence-electron chi connectivity index (χ2n) is 16.3. The van der Waals surface area contributed by atoms with Gasteiger partial charge < -0.3 is 13.4 Å². The highest BCUT2D eigenvalue weighted by atomic mass is 16.3. The van der Waals surface area contributed by atoms with Gasteiger partial charge in [0.15, 0.2) is 17.5 Å². The summed E-state index contributed by atoms with van der Waals surface area (Å²) in [5.41, 5.74) is 9.26. The number of fused-ring (bicyclic) bond motifs is 13. The van der Waals surface area contributed by atoms with Crippen molar-refractivity contribution in [3.63, 3.8) is 0 Å². The summed E-state index contributed by atoms with van der Waals surface area (Å²) in [5, 5.41) is 13.5. The molecule has 0 N–H and O–H groups in total. The predicted octanol–water partition coefficient (Wildman–Crippen LogP) is 15.2. The highest BCUT2D eigenvalue weighted by Gasteiger charge is 2.22. The number of aromatic nitrogens is 4. The number of benzene rings is 10. The summed E-state index contributed by atoms with van der Waals surface area (Å²) in [7, 11) is 0. The lowest BCUT2D eigenvalue weighted by Gasteiger charge is -2.13. The van der Waals surface area contributed by atoms with Crippen molar-refractivity contribution in [3.05, 3.63) is 194 Å². The van der Waals surface area contributed by atoms with Gasteiger partial charge in [-0.3, -0.25) is 0 Å². The minimum Gasteiger partial charge on any atom is -0.456 e. The number of hydrogen-bond acceptors (Lipinski definition) is 5. The quantitative estimate of drug-likeness (QED) is 0.177. The molecule has 14 rings (SSSR count). The molecule has 0 radical (unpaired) electrons. The Morgan fingerprint density at radius 1 is 0.333 bits per heavy atom. The molecule has 0 aliphatic heterocycles. The van der Waals surface area contributed by atoms with Crippen molar-refractivity contribution in [1.29, 1.82) is 0 Å². The van der Waals surface area contributed by atoms with Crippen molar-refractivity contribution in [2.24, 2.45) is 0 Å². The van der Waals surface area contributed by atoms with E-state index >= 15 is 0 Å². The van der Waals surface area contributed by atoms with E-state index in [1.807, 2.05) is 60.7 Å². The Bertz CT molecular complexity index is 4120. The van der Waals surface area contributed by atoms with Gasteiger partial charge in [-0.1, -0.05) is 140 Å². The van der Waals surface area contributed by atoms with Crippen molar-refractivity contribution in [1.82, 2.24) is 19.5 Å². The van der Waals surface area contributed by atoms with Crippen molar-refractivity contribution in [3.8, 4) is 39.9 Å². The first-order valence-electron chi connectivity index (χ1n) is 21.2. The Labute approximate surface area is 358 Å². The van der Waals surface area contributed by atoms with Crippen LogP contribution in [0.2, 0.25) is 0 Å². The summed E-state index contributed by atoms with van der Waals surface area (Å²) < 4.78 is 15.7. The minimum atomic E-state index is 0.557. The fraction of sp³-hybridized carbons (Fsp3) is 0. The first kappa shape index (κ1) is 34.1. The van der Waals surface area contributed by atoms with Gasteiger partial charge in [-0.2, -0.15) is 0 Å².